The van der Waals surface area contributed by atoms with E-state index >= 15 is 0 Å². The van der Waals surface area contributed by atoms with Gasteiger partial charge in [-0.25, -0.2) is 29.9 Å². The molecule has 0 saturated carbocycles. The molecule has 0 amide bonds. The molecular weight excluding hydrogens is 1120 g/mol. The highest BCUT2D eigenvalue weighted by atomic mass is 15.1. The Morgan fingerprint density at radius 3 is 0.750 bits per heavy atom. The fourth-order valence-corrected chi connectivity index (χ4v) is 12.9. The van der Waals surface area contributed by atoms with Gasteiger partial charge in [0.2, 0.25) is 0 Å². The molecule has 0 bridgehead atoms. The van der Waals surface area contributed by atoms with E-state index in [0.29, 0.717) is 34.9 Å². The number of rotatable bonds is 12. The van der Waals surface area contributed by atoms with E-state index in [4.69, 9.17) is 29.9 Å². The molecule has 4 heterocycles. The number of hydrogen-bond acceptors (Lipinski definition) is 6. The smallest absolute Gasteiger partial charge is 0.164 e. The molecule has 0 unspecified atom stereocenters. The topological polar surface area (TPSA) is 87.2 Å². The van der Waals surface area contributed by atoms with Crippen molar-refractivity contribution in [3.8, 4) is 124 Å². The van der Waals surface area contributed by atoms with E-state index in [-0.39, 0.29) is 0 Å². The second-order valence-electron chi connectivity index (χ2n) is 23.1. The Morgan fingerprint density at radius 2 is 0.402 bits per heavy atom. The molecule has 17 rings (SSSR count). The summed E-state index contributed by atoms with van der Waals surface area (Å²) >= 11 is 0. The molecule has 8 heteroatoms. The molecule has 0 spiro atoms. The molecule has 13 aromatic carbocycles. The number of para-hydroxylation sites is 2. The molecule has 0 radical (unpaired) electrons. The zero-order valence-corrected chi connectivity index (χ0v) is 49.8. The van der Waals surface area contributed by atoms with Crippen molar-refractivity contribution in [3.63, 3.8) is 0 Å². The minimum Gasteiger partial charge on any atom is -0.309 e. The van der Waals surface area contributed by atoms with Crippen LogP contribution in [0.5, 0.6) is 0 Å². The first-order chi connectivity index (χ1) is 45.6. The average Bonchev–Trinajstić information content (AvgIpc) is 1.58. The number of hydrogen-bond donors (Lipinski definition) is 0. The average molecular weight is 1180 g/mol. The number of fused-ring (bicyclic) bond motifs is 6. The molecular formula is C84H54N8. The lowest BCUT2D eigenvalue weighted by Crippen LogP contribution is -2.02. The van der Waals surface area contributed by atoms with Gasteiger partial charge in [-0.2, -0.15) is 0 Å². The van der Waals surface area contributed by atoms with E-state index in [9.17, 15) is 0 Å². The lowest BCUT2D eigenvalue weighted by atomic mass is 9.95. The molecule has 4 aromatic heterocycles. The van der Waals surface area contributed by atoms with Gasteiger partial charge in [0.1, 0.15) is 0 Å². The van der Waals surface area contributed by atoms with Crippen LogP contribution in [-0.4, -0.2) is 39.0 Å². The van der Waals surface area contributed by atoms with Crippen LogP contribution in [-0.2, 0) is 0 Å². The summed E-state index contributed by atoms with van der Waals surface area (Å²) in [5.74, 6) is 3.49. The van der Waals surface area contributed by atoms with Crippen LogP contribution in [0.3, 0.4) is 0 Å². The first-order valence-corrected chi connectivity index (χ1v) is 30.9. The maximum absolute atomic E-state index is 5.33. The van der Waals surface area contributed by atoms with Crippen LogP contribution in [0.2, 0.25) is 0 Å². The van der Waals surface area contributed by atoms with Gasteiger partial charge in [-0.15, -0.1) is 0 Å². The van der Waals surface area contributed by atoms with Gasteiger partial charge in [-0.3, -0.25) is 0 Å². The van der Waals surface area contributed by atoms with Crippen molar-refractivity contribution in [2.45, 2.75) is 0 Å². The molecule has 8 nitrogen and oxygen atoms in total. The zero-order chi connectivity index (χ0) is 60.9. The summed E-state index contributed by atoms with van der Waals surface area (Å²) in [6.07, 6.45) is 0. The van der Waals surface area contributed by atoms with Gasteiger partial charge in [0.05, 0.1) is 22.1 Å². The molecule has 0 saturated heterocycles. The van der Waals surface area contributed by atoms with E-state index in [2.05, 4.69) is 264 Å². The molecule has 0 N–H and O–H groups in total. The number of nitrogens with zero attached hydrogens (tertiary/aromatic N) is 8. The van der Waals surface area contributed by atoms with E-state index in [1.807, 2.05) is 72.8 Å². The van der Waals surface area contributed by atoms with Gasteiger partial charge in [-0.05, 0) is 123 Å². The molecule has 0 aliphatic rings. The Labute approximate surface area is 531 Å². The van der Waals surface area contributed by atoms with Crippen molar-refractivity contribution in [2.75, 3.05) is 0 Å². The van der Waals surface area contributed by atoms with Crippen molar-refractivity contribution >= 4 is 43.6 Å². The SMILES string of the molecule is c1ccc(-c2ccc3c(c2)c2ccccc2n3-c2cc(-c3cccc(-c4cc(-c5nc(-c6ccccc6)nc(-c6ccccc6)n5)cc(-n5c6ccccc6c6cc(-c7ccccc7)ccc65)c4)c3)cc(-c3nc(-c4ccccc4)nc(-c4ccccc4)n3)c2)cc1. The van der Waals surface area contributed by atoms with E-state index in [1.165, 1.54) is 11.1 Å². The van der Waals surface area contributed by atoms with Gasteiger partial charge >= 0.3 is 0 Å². The normalized spacial score (nSPS) is 11.5. The highest BCUT2D eigenvalue weighted by Gasteiger charge is 2.22. The van der Waals surface area contributed by atoms with Crippen LogP contribution in [0.4, 0.5) is 0 Å². The van der Waals surface area contributed by atoms with Gasteiger partial charge in [-0.1, -0.05) is 249 Å². The summed E-state index contributed by atoms with van der Waals surface area (Å²) in [4.78, 5) is 31.5. The van der Waals surface area contributed by atoms with Gasteiger partial charge in [0, 0.05) is 66.3 Å². The Hall–Kier alpha value is -12.5. The lowest BCUT2D eigenvalue weighted by molar-refractivity contribution is 1.07. The Bertz CT molecular complexity index is 5150. The molecule has 0 aliphatic carbocycles. The largest absolute Gasteiger partial charge is 0.309 e. The summed E-state index contributed by atoms with van der Waals surface area (Å²) in [5, 5.41) is 4.64. The molecule has 92 heavy (non-hydrogen) atoms. The second-order valence-corrected chi connectivity index (χ2v) is 23.1. The monoisotopic (exact) mass is 1170 g/mol. The van der Waals surface area contributed by atoms with Crippen LogP contribution in [0, 0.1) is 0 Å². The molecule has 430 valence electrons. The third-order valence-corrected chi connectivity index (χ3v) is 17.4. The summed E-state index contributed by atoms with van der Waals surface area (Å²) in [7, 11) is 0. The highest BCUT2D eigenvalue weighted by molar-refractivity contribution is 6.12. The van der Waals surface area contributed by atoms with Crippen molar-refractivity contribution in [1.82, 2.24) is 39.0 Å². The quantitative estimate of drug-likeness (QED) is 0.121. The van der Waals surface area contributed by atoms with Gasteiger partial charge in [0.25, 0.3) is 0 Å². The maximum Gasteiger partial charge on any atom is 0.164 e. The fraction of sp³-hybridized carbons (Fsp3) is 0. The zero-order valence-electron chi connectivity index (χ0n) is 49.8. The third kappa shape index (κ3) is 9.94. The molecule has 0 fully saturated rings. The van der Waals surface area contributed by atoms with Crippen LogP contribution >= 0.6 is 0 Å². The summed E-state index contributed by atoms with van der Waals surface area (Å²) in [6.45, 7) is 0. The first-order valence-electron chi connectivity index (χ1n) is 30.9. The number of benzene rings is 13. The molecule has 0 atom stereocenters. The maximum atomic E-state index is 5.33. The van der Waals surface area contributed by atoms with Crippen molar-refractivity contribution in [2.24, 2.45) is 0 Å². The van der Waals surface area contributed by atoms with Gasteiger partial charge in [0.15, 0.2) is 34.9 Å². The minimum absolute atomic E-state index is 0.561. The van der Waals surface area contributed by atoms with E-state index in [1.54, 1.807) is 0 Å². The molecule has 0 aliphatic heterocycles. The predicted molar refractivity (Wildman–Crippen MR) is 376 cm³/mol. The van der Waals surface area contributed by atoms with Crippen molar-refractivity contribution in [3.05, 3.63) is 328 Å². The van der Waals surface area contributed by atoms with E-state index in [0.717, 1.165) is 122 Å². The van der Waals surface area contributed by atoms with Crippen LogP contribution < -0.4 is 0 Å². The number of aromatic nitrogens is 8. The fourth-order valence-electron chi connectivity index (χ4n) is 12.9. The Kier molecular flexibility index (Phi) is 13.4. The third-order valence-electron chi connectivity index (χ3n) is 17.4. The summed E-state index contributed by atoms with van der Waals surface area (Å²) in [6, 6.07) is 115. The summed E-state index contributed by atoms with van der Waals surface area (Å²) < 4.78 is 4.78. The highest BCUT2D eigenvalue weighted by Crippen LogP contribution is 2.42. The van der Waals surface area contributed by atoms with Crippen LogP contribution in [0.1, 0.15) is 0 Å². The molecule has 17 aromatic rings. The summed E-state index contributed by atoms with van der Waals surface area (Å²) in [5.41, 5.74) is 20.2. The van der Waals surface area contributed by atoms with E-state index < -0.39 is 0 Å². The second kappa shape index (κ2) is 22.9. The Morgan fingerprint density at radius 1 is 0.152 bits per heavy atom. The van der Waals surface area contributed by atoms with Crippen molar-refractivity contribution in [1.29, 1.82) is 0 Å². The standard InChI is InChI=1S/C84H54N8/c1-7-24-55(25-8-1)63-42-44-77-73(53-63)71-38-19-21-40-75(71)91(77)69-49-65(47-67(51-69)83-87-79(57-28-11-3-12-29-57)85-80(88-83)58-30-13-4-14-31-58)61-36-23-37-62(46-61)66-48-68(84-89-81(59-32-15-5-16-33-59)86-82(90-84)60-34-17-6-18-35-60)52-70(50-66)92-76-41-22-20-39-72(76)74-54-64(43-45-78(74)92)56-26-9-2-10-27-56/h1-54H. The Balaban J connectivity index is 0.893. The van der Waals surface area contributed by atoms with Crippen LogP contribution in [0.15, 0.2) is 328 Å². The van der Waals surface area contributed by atoms with Crippen LogP contribution in [0.25, 0.3) is 168 Å². The minimum atomic E-state index is 0.561. The first kappa shape index (κ1) is 53.7. The van der Waals surface area contributed by atoms with Gasteiger partial charge < -0.3 is 9.13 Å². The lowest BCUT2D eigenvalue weighted by Gasteiger charge is -2.16. The predicted octanol–water partition coefficient (Wildman–Crippen LogP) is 20.9. The van der Waals surface area contributed by atoms with Crippen molar-refractivity contribution < 1.29 is 0 Å².